The highest BCUT2D eigenvalue weighted by Gasteiger charge is 2.15. The molecule has 0 radical (unpaired) electrons. The Labute approximate surface area is 198 Å². The second kappa shape index (κ2) is 10.8. The molecule has 9 nitrogen and oxygen atoms in total. The number of imidazole rings is 1. The van der Waals surface area contributed by atoms with Crippen LogP contribution in [0.1, 0.15) is 37.8 Å². The zero-order valence-corrected chi connectivity index (χ0v) is 19.5. The smallest absolute Gasteiger partial charge is 0.328 e. The summed E-state index contributed by atoms with van der Waals surface area (Å²) < 4.78 is 13.1. The zero-order chi connectivity index (χ0) is 23.9. The molecule has 4 aromatic rings. The first kappa shape index (κ1) is 23.3. The summed E-state index contributed by atoms with van der Waals surface area (Å²) in [7, 11) is 0. The van der Waals surface area contributed by atoms with E-state index >= 15 is 0 Å². The van der Waals surface area contributed by atoms with E-state index in [9.17, 15) is 4.79 Å². The first-order chi connectivity index (χ1) is 16.6. The van der Waals surface area contributed by atoms with Gasteiger partial charge in [0.2, 0.25) is 0 Å². The Hall–Kier alpha value is -3.85. The highest BCUT2D eigenvalue weighted by Crippen LogP contribution is 2.23. The molecule has 4 N–H and O–H groups in total. The van der Waals surface area contributed by atoms with Crippen molar-refractivity contribution in [2.75, 3.05) is 18.9 Å². The number of aromatic nitrogens is 4. The second-order valence-electron chi connectivity index (χ2n) is 7.98. The van der Waals surface area contributed by atoms with E-state index in [1.165, 1.54) is 10.1 Å². The number of fused-ring (bicyclic) bond motifs is 1. The summed E-state index contributed by atoms with van der Waals surface area (Å²) in [6.45, 7) is 6.74. The molecule has 2 aromatic heterocycles. The van der Waals surface area contributed by atoms with Gasteiger partial charge in [-0.1, -0.05) is 44.5 Å². The fourth-order valence-electron chi connectivity index (χ4n) is 3.48. The lowest BCUT2D eigenvalue weighted by atomic mass is 10.2. The van der Waals surface area contributed by atoms with E-state index < -0.39 is 0 Å². The van der Waals surface area contributed by atoms with Gasteiger partial charge >= 0.3 is 11.7 Å². The van der Waals surface area contributed by atoms with E-state index in [-0.39, 0.29) is 17.5 Å². The molecule has 0 saturated heterocycles. The van der Waals surface area contributed by atoms with Crippen LogP contribution < -0.4 is 26.2 Å². The van der Waals surface area contributed by atoms with Gasteiger partial charge in [-0.05, 0) is 48.4 Å². The van der Waals surface area contributed by atoms with E-state index in [1.807, 2.05) is 48.5 Å². The van der Waals surface area contributed by atoms with Crippen molar-refractivity contribution in [2.24, 2.45) is 0 Å². The Balaban J connectivity index is 1.48. The number of H-pyrrole nitrogens is 1. The highest BCUT2D eigenvalue weighted by atomic mass is 16.5. The summed E-state index contributed by atoms with van der Waals surface area (Å²) in [5.41, 5.74) is 8.67. The molecule has 0 atom stereocenters. The number of nitrogens with two attached hydrogens (primary N) is 1. The molecule has 0 unspecified atom stereocenters. The number of rotatable bonds is 11. The van der Waals surface area contributed by atoms with Crippen molar-refractivity contribution in [1.82, 2.24) is 24.8 Å². The Morgan fingerprint density at radius 2 is 1.68 bits per heavy atom. The van der Waals surface area contributed by atoms with Gasteiger partial charge in [0, 0.05) is 6.54 Å². The first-order valence-electron chi connectivity index (χ1n) is 11.5. The monoisotopic (exact) mass is 462 g/mol. The molecule has 178 valence electrons. The summed E-state index contributed by atoms with van der Waals surface area (Å²) >= 11 is 0. The van der Waals surface area contributed by atoms with Gasteiger partial charge in [-0.15, -0.1) is 0 Å². The van der Waals surface area contributed by atoms with E-state index in [2.05, 4.69) is 34.1 Å². The molecule has 0 amide bonds. The standard InChI is InChI=1S/C25H30N6O3/c1-3-5-14-33-24-29-22(26)21-23(30-24)31(25(32)28-21)16-18-8-12-20(13-9-18)34-19-10-6-17(7-11-19)15-27-4-2/h6-13,27H,3-5,14-16H2,1-2H3,(H,28,32)(H2,26,29,30). The van der Waals surface area contributed by atoms with Crippen LogP contribution in [0, 0.1) is 0 Å². The maximum absolute atomic E-state index is 12.6. The maximum atomic E-state index is 12.6. The molecule has 2 heterocycles. The normalized spacial score (nSPS) is 11.1. The van der Waals surface area contributed by atoms with Crippen LogP contribution in [0.5, 0.6) is 17.5 Å². The molecule has 0 aliphatic heterocycles. The van der Waals surface area contributed by atoms with Crippen LogP contribution in [-0.2, 0) is 13.1 Å². The lowest BCUT2D eigenvalue weighted by Gasteiger charge is -2.09. The van der Waals surface area contributed by atoms with Crippen molar-refractivity contribution in [3.8, 4) is 17.5 Å². The number of hydrogen-bond donors (Lipinski definition) is 3. The van der Waals surface area contributed by atoms with Crippen LogP contribution in [0.2, 0.25) is 0 Å². The van der Waals surface area contributed by atoms with Crippen molar-refractivity contribution < 1.29 is 9.47 Å². The lowest BCUT2D eigenvalue weighted by molar-refractivity contribution is 0.286. The average molecular weight is 463 g/mol. The van der Waals surface area contributed by atoms with E-state index in [4.69, 9.17) is 15.2 Å². The Morgan fingerprint density at radius 3 is 2.32 bits per heavy atom. The van der Waals surface area contributed by atoms with Gasteiger partial charge in [0.25, 0.3) is 0 Å². The number of nitrogens with one attached hydrogen (secondary N) is 2. The fourth-order valence-corrected chi connectivity index (χ4v) is 3.48. The van der Waals surface area contributed by atoms with E-state index in [1.54, 1.807) is 0 Å². The Morgan fingerprint density at radius 1 is 1.00 bits per heavy atom. The van der Waals surface area contributed by atoms with Crippen LogP contribution in [0.25, 0.3) is 11.2 Å². The average Bonchev–Trinajstić information content (AvgIpc) is 3.16. The number of aromatic amines is 1. The molecule has 0 aliphatic rings. The minimum atomic E-state index is -0.306. The summed E-state index contributed by atoms with van der Waals surface area (Å²) in [5, 5.41) is 3.30. The van der Waals surface area contributed by atoms with Crippen molar-refractivity contribution >= 4 is 17.0 Å². The van der Waals surface area contributed by atoms with Crippen molar-refractivity contribution in [3.05, 3.63) is 70.1 Å². The minimum Gasteiger partial charge on any atom is -0.463 e. The number of ether oxygens (including phenoxy) is 2. The number of unbranched alkanes of at least 4 members (excludes halogenated alkanes) is 1. The molecular weight excluding hydrogens is 432 g/mol. The van der Waals surface area contributed by atoms with Crippen LogP contribution in [0.4, 0.5) is 5.82 Å². The predicted molar refractivity (Wildman–Crippen MR) is 132 cm³/mol. The molecule has 9 heteroatoms. The predicted octanol–water partition coefficient (Wildman–Crippen LogP) is 3.83. The number of nitrogens with zero attached hydrogens (tertiary/aromatic N) is 3. The van der Waals surface area contributed by atoms with Gasteiger partial charge < -0.3 is 25.5 Å². The van der Waals surface area contributed by atoms with Crippen molar-refractivity contribution in [2.45, 2.75) is 39.8 Å². The van der Waals surface area contributed by atoms with E-state index in [0.29, 0.717) is 30.1 Å². The van der Waals surface area contributed by atoms with Crippen LogP contribution in [0.3, 0.4) is 0 Å². The molecule has 0 fully saturated rings. The van der Waals surface area contributed by atoms with Gasteiger partial charge in [0.05, 0.1) is 13.2 Å². The van der Waals surface area contributed by atoms with Crippen LogP contribution >= 0.6 is 0 Å². The quantitative estimate of drug-likeness (QED) is 0.290. The first-order valence-corrected chi connectivity index (χ1v) is 11.5. The number of anilines is 1. The number of hydrogen-bond acceptors (Lipinski definition) is 7. The SMILES string of the molecule is CCCCOc1nc(N)c2[nH]c(=O)n(Cc3ccc(Oc4ccc(CNCC)cc4)cc3)c2n1. The zero-order valence-electron chi connectivity index (χ0n) is 19.5. The molecule has 34 heavy (non-hydrogen) atoms. The molecule has 2 aromatic carbocycles. The van der Waals surface area contributed by atoms with Crippen molar-refractivity contribution in [1.29, 1.82) is 0 Å². The third-order valence-electron chi connectivity index (χ3n) is 5.36. The van der Waals surface area contributed by atoms with Crippen LogP contribution in [0.15, 0.2) is 53.3 Å². The largest absolute Gasteiger partial charge is 0.463 e. The van der Waals surface area contributed by atoms with Gasteiger partial charge in [-0.25, -0.2) is 4.79 Å². The fraction of sp³-hybridized carbons (Fsp3) is 0.320. The summed E-state index contributed by atoms with van der Waals surface area (Å²) in [4.78, 5) is 23.9. The Bertz CT molecular complexity index is 1280. The van der Waals surface area contributed by atoms with E-state index in [0.717, 1.165) is 37.2 Å². The number of nitrogen functional groups attached to an aromatic ring is 1. The molecule has 0 aliphatic carbocycles. The third kappa shape index (κ3) is 5.55. The Kier molecular flexibility index (Phi) is 7.44. The van der Waals surface area contributed by atoms with Gasteiger partial charge in [-0.2, -0.15) is 9.97 Å². The minimum absolute atomic E-state index is 0.173. The maximum Gasteiger partial charge on any atom is 0.328 e. The summed E-state index contributed by atoms with van der Waals surface area (Å²) in [6, 6.07) is 15.8. The van der Waals surface area contributed by atoms with Gasteiger partial charge in [0.1, 0.15) is 17.0 Å². The van der Waals surface area contributed by atoms with Crippen molar-refractivity contribution in [3.63, 3.8) is 0 Å². The lowest BCUT2D eigenvalue weighted by Crippen LogP contribution is -2.17. The van der Waals surface area contributed by atoms with Crippen LogP contribution in [-0.4, -0.2) is 32.7 Å². The topological polar surface area (TPSA) is 120 Å². The number of benzene rings is 2. The highest BCUT2D eigenvalue weighted by molar-refractivity contribution is 5.81. The summed E-state index contributed by atoms with van der Waals surface area (Å²) in [6.07, 6.45) is 1.88. The van der Waals surface area contributed by atoms with Gasteiger partial charge in [0.15, 0.2) is 11.5 Å². The molecule has 0 saturated carbocycles. The van der Waals surface area contributed by atoms with Gasteiger partial charge in [-0.3, -0.25) is 4.57 Å². The molecule has 0 spiro atoms. The molecule has 0 bridgehead atoms. The second-order valence-corrected chi connectivity index (χ2v) is 7.98. The molecule has 4 rings (SSSR count). The molecular formula is C25H30N6O3. The third-order valence-corrected chi connectivity index (χ3v) is 5.36. The summed E-state index contributed by atoms with van der Waals surface area (Å²) in [5.74, 6) is 1.67.